The first kappa shape index (κ1) is 18.5. The molecular formula is C22H23N3O2. The summed E-state index contributed by atoms with van der Waals surface area (Å²) in [7, 11) is 1.58. The van der Waals surface area contributed by atoms with Gasteiger partial charge in [0.05, 0.1) is 18.4 Å². The van der Waals surface area contributed by atoms with Crippen molar-refractivity contribution in [3.05, 3.63) is 78.0 Å². The highest BCUT2D eigenvalue weighted by atomic mass is 16.5. The molecule has 0 saturated heterocycles. The lowest BCUT2D eigenvalue weighted by atomic mass is 10.2. The van der Waals surface area contributed by atoms with Crippen LogP contribution in [0.4, 0.5) is 17.2 Å². The van der Waals surface area contributed by atoms with Crippen LogP contribution in [0.15, 0.2) is 66.9 Å². The summed E-state index contributed by atoms with van der Waals surface area (Å²) in [5.41, 5.74) is 3.39. The fourth-order valence-corrected chi connectivity index (χ4v) is 2.90. The van der Waals surface area contributed by atoms with E-state index in [1.54, 1.807) is 31.5 Å². The lowest BCUT2D eigenvalue weighted by molar-refractivity contribution is 0.102. The van der Waals surface area contributed by atoms with Crippen molar-refractivity contribution >= 4 is 23.1 Å². The van der Waals surface area contributed by atoms with Gasteiger partial charge in [0.15, 0.2) is 0 Å². The number of rotatable bonds is 6. The first-order valence-electron chi connectivity index (χ1n) is 8.87. The standard InChI is InChI=1S/C22H23N3O2/c1-4-25(18-9-7-8-16(2)14-18)21-13-12-17(15-23-21)22(26)24-19-10-5-6-11-20(19)27-3/h5-15H,4H2,1-3H3,(H,24,26). The molecule has 0 aliphatic carbocycles. The number of carbonyl (C=O) groups is 1. The van der Waals surface area contributed by atoms with Gasteiger partial charge in [0.2, 0.25) is 0 Å². The highest BCUT2D eigenvalue weighted by Gasteiger charge is 2.12. The first-order valence-corrected chi connectivity index (χ1v) is 8.87. The van der Waals surface area contributed by atoms with Crippen molar-refractivity contribution in [1.29, 1.82) is 0 Å². The smallest absolute Gasteiger partial charge is 0.257 e. The number of aromatic nitrogens is 1. The van der Waals surface area contributed by atoms with Crippen molar-refractivity contribution < 1.29 is 9.53 Å². The molecule has 27 heavy (non-hydrogen) atoms. The number of amides is 1. The zero-order valence-corrected chi connectivity index (χ0v) is 15.8. The van der Waals surface area contributed by atoms with Gasteiger partial charge in [0.25, 0.3) is 5.91 Å². The minimum Gasteiger partial charge on any atom is -0.495 e. The summed E-state index contributed by atoms with van der Waals surface area (Å²) in [6.07, 6.45) is 1.60. The van der Waals surface area contributed by atoms with Crippen LogP contribution in [0.25, 0.3) is 0 Å². The molecule has 1 aromatic heterocycles. The van der Waals surface area contributed by atoms with E-state index in [-0.39, 0.29) is 5.91 Å². The summed E-state index contributed by atoms with van der Waals surface area (Å²) in [5, 5.41) is 2.86. The number of para-hydroxylation sites is 2. The van der Waals surface area contributed by atoms with Gasteiger partial charge in [-0.25, -0.2) is 4.98 Å². The van der Waals surface area contributed by atoms with Crippen molar-refractivity contribution in [3.63, 3.8) is 0 Å². The monoisotopic (exact) mass is 361 g/mol. The second-order valence-electron chi connectivity index (χ2n) is 6.14. The largest absolute Gasteiger partial charge is 0.495 e. The van der Waals surface area contributed by atoms with E-state index in [9.17, 15) is 4.79 Å². The summed E-state index contributed by atoms with van der Waals surface area (Å²) in [5.74, 6) is 1.20. The number of ether oxygens (including phenoxy) is 1. The van der Waals surface area contributed by atoms with E-state index in [1.807, 2.05) is 24.3 Å². The van der Waals surface area contributed by atoms with Crippen LogP contribution in [0, 0.1) is 6.92 Å². The predicted octanol–water partition coefficient (Wildman–Crippen LogP) is 4.81. The normalized spacial score (nSPS) is 10.3. The second kappa shape index (κ2) is 8.36. The fraction of sp³-hybridized carbons (Fsp3) is 0.182. The summed E-state index contributed by atoms with van der Waals surface area (Å²) in [4.78, 5) is 19.1. The van der Waals surface area contributed by atoms with E-state index >= 15 is 0 Å². The molecule has 3 aromatic rings. The molecule has 0 radical (unpaired) electrons. The van der Waals surface area contributed by atoms with Gasteiger partial charge in [0.1, 0.15) is 11.6 Å². The molecule has 0 saturated carbocycles. The van der Waals surface area contributed by atoms with Crippen LogP contribution in [0.2, 0.25) is 0 Å². The Balaban J connectivity index is 1.79. The highest BCUT2D eigenvalue weighted by molar-refractivity contribution is 6.04. The number of carbonyl (C=O) groups excluding carboxylic acids is 1. The summed E-state index contributed by atoms with van der Waals surface area (Å²) in [6, 6.07) is 19.2. The molecule has 0 spiro atoms. The van der Waals surface area contributed by atoms with E-state index in [1.165, 1.54) is 5.56 Å². The Bertz CT molecular complexity index is 923. The van der Waals surface area contributed by atoms with Gasteiger partial charge in [-0.3, -0.25) is 4.79 Å². The van der Waals surface area contributed by atoms with Gasteiger partial charge in [0, 0.05) is 18.4 Å². The van der Waals surface area contributed by atoms with Gasteiger partial charge in [-0.2, -0.15) is 0 Å². The van der Waals surface area contributed by atoms with Crippen molar-refractivity contribution in [3.8, 4) is 5.75 Å². The van der Waals surface area contributed by atoms with Crippen LogP contribution < -0.4 is 15.0 Å². The molecular weight excluding hydrogens is 338 g/mol. The molecule has 0 aliphatic rings. The molecule has 0 aliphatic heterocycles. The summed E-state index contributed by atoms with van der Waals surface area (Å²) in [6.45, 7) is 4.92. The quantitative estimate of drug-likeness (QED) is 0.685. The van der Waals surface area contributed by atoms with E-state index in [4.69, 9.17) is 4.74 Å². The highest BCUT2D eigenvalue weighted by Crippen LogP contribution is 2.26. The van der Waals surface area contributed by atoms with E-state index in [2.05, 4.69) is 47.2 Å². The van der Waals surface area contributed by atoms with Crippen LogP contribution in [0.3, 0.4) is 0 Å². The number of aryl methyl sites for hydroxylation is 1. The number of hydrogen-bond donors (Lipinski definition) is 1. The maximum absolute atomic E-state index is 12.5. The van der Waals surface area contributed by atoms with Crippen molar-refractivity contribution in [1.82, 2.24) is 4.98 Å². The minimum absolute atomic E-state index is 0.225. The van der Waals surface area contributed by atoms with E-state index in [0.29, 0.717) is 17.0 Å². The number of pyridine rings is 1. The Kier molecular flexibility index (Phi) is 5.71. The van der Waals surface area contributed by atoms with Crippen molar-refractivity contribution in [2.45, 2.75) is 13.8 Å². The van der Waals surface area contributed by atoms with Crippen molar-refractivity contribution in [2.24, 2.45) is 0 Å². The van der Waals surface area contributed by atoms with Crippen molar-refractivity contribution in [2.75, 3.05) is 23.9 Å². The second-order valence-corrected chi connectivity index (χ2v) is 6.14. The zero-order valence-electron chi connectivity index (χ0n) is 15.8. The summed E-state index contributed by atoms with van der Waals surface area (Å²) < 4.78 is 5.27. The number of hydrogen-bond acceptors (Lipinski definition) is 4. The lowest BCUT2D eigenvalue weighted by Gasteiger charge is -2.22. The molecule has 5 nitrogen and oxygen atoms in total. The van der Waals surface area contributed by atoms with Gasteiger partial charge < -0.3 is 15.0 Å². The van der Waals surface area contributed by atoms with Crippen LogP contribution in [0.5, 0.6) is 5.75 Å². The number of nitrogens with one attached hydrogen (secondary N) is 1. The van der Waals surface area contributed by atoms with Gasteiger partial charge in [-0.05, 0) is 55.8 Å². The molecule has 0 unspecified atom stereocenters. The van der Waals surface area contributed by atoms with E-state index in [0.717, 1.165) is 18.1 Å². The molecule has 0 fully saturated rings. The summed E-state index contributed by atoms with van der Waals surface area (Å²) >= 11 is 0. The molecule has 138 valence electrons. The van der Waals surface area contributed by atoms with Gasteiger partial charge in [-0.15, -0.1) is 0 Å². The van der Waals surface area contributed by atoms with Gasteiger partial charge in [-0.1, -0.05) is 24.3 Å². The SMILES string of the molecule is CCN(c1cccc(C)c1)c1ccc(C(=O)Nc2ccccc2OC)cn1. The third kappa shape index (κ3) is 4.26. The Morgan fingerprint density at radius 3 is 2.59 bits per heavy atom. The van der Waals surface area contributed by atoms with Gasteiger partial charge >= 0.3 is 0 Å². The number of anilines is 3. The third-order valence-corrected chi connectivity index (χ3v) is 4.27. The maximum atomic E-state index is 12.5. The molecule has 1 amide bonds. The van der Waals surface area contributed by atoms with E-state index < -0.39 is 0 Å². The van der Waals surface area contributed by atoms with Crippen LogP contribution in [-0.4, -0.2) is 24.5 Å². The maximum Gasteiger partial charge on any atom is 0.257 e. The first-order chi connectivity index (χ1) is 13.1. The Labute approximate surface area is 159 Å². The molecule has 0 bridgehead atoms. The molecule has 3 rings (SSSR count). The molecule has 2 aromatic carbocycles. The Hall–Kier alpha value is -3.34. The molecule has 0 atom stereocenters. The Morgan fingerprint density at radius 1 is 1.11 bits per heavy atom. The molecule has 1 heterocycles. The van der Waals surface area contributed by atoms with Crippen LogP contribution in [0.1, 0.15) is 22.8 Å². The third-order valence-electron chi connectivity index (χ3n) is 4.27. The average molecular weight is 361 g/mol. The van der Waals surface area contributed by atoms with Crippen LogP contribution in [-0.2, 0) is 0 Å². The number of nitrogens with zero attached hydrogens (tertiary/aromatic N) is 2. The lowest BCUT2D eigenvalue weighted by Crippen LogP contribution is -2.18. The number of benzene rings is 2. The van der Waals surface area contributed by atoms with Crippen LogP contribution >= 0.6 is 0 Å². The topological polar surface area (TPSA) is 54.5 Å². The zero-order chi connectivity index (χ0) is 19.2. The molecule has 1 N–H and O–H groups in total. The number of methoxy groups -OCH3 is 1. The minimum atomic E-state index is -0.225. The average Bonchev–Trinajstić information content (AvgIpc) is 2.69. The predicted molar refractivity (Wildman–Crippen MR) is 109 cm³/mol. The fourth-order valence-electron chi connectivity index (χ4n) is 2.90. The Morgan fingerprint density at radius 2 is 1.93 bits per heavy atom. The molecule has 5 heteroatoms.